The summed E-state index contributed by atoms with van der Waals surface area (Å²) >= 11 is 0. The first-order valence-corrected chi connectivity index (χ1v) is 12.5. The Hall–Kier alpha value is -3.22. The van der Waals surface area contributed by atoms with Gasteiger partial charge in [0, 0.05) is 13.1 Å². The number of nitriles is 1. The van der Waals surface area contributed by atoms with Gasteiger partial charge in [0.25, 0.3) is 5.91 Å². The number of sulfonamides is 1. The summed E-state index contributed by atoms with van der Waals surface area (Å²) in [6.45, 7) is 7.37. The number of carbonyl (C=O) groups excluding carboxylic acids is 2. The van der Waals surface area contributed by atoms with Crippen LogP contribution in [0.15, 0.2) is 35.2 Å². The van der Waals surface area contributed by atoms with Crippen LogP contribution in [-0.2, 0) is 24.3 Å². The Labute approximate surface area is 200 Å². The molecule has 0 saturated carbocycles. The normalized spacial score (nSPS) is 14.9. The van der Waals surface area contributed by atoms with Gasteiger partial charge in [0.15, 0.2) is 6.61 Å². The van der Waals surface area contributed by atoms with Crippen molar-refractivity contribution >= 4 is 27.6 Å². The van der Waals surface area contributed by atoms with E-state index in [0.717, 1.165) is 22.3 Å². The molecule has 0 spiro atoms. The number of benzene rings is 2. The van der Waals surface area contributed by atoms with Gasteiger partial charge < -0.3 is 10.1 Å². The Morgan fingerprint density at radius 2 is 1.68 bits per heavy atom. The van der Waals surface area contributed by atoms with Crippen molar-refractivity contribution in [2.75, 3.05) is 25.0 Å². The molecule has 1 heterocycles. The van der Waals surface area contributed by atoms with E-state index in [1.165, 1.54) is 4.31 Å². The maximum Gasteiger partial charge on any atom is 0.309 e. The van der Waals surface area contributed by atoms with Crippen LogP contribution in [0.1, 0.15) is 40.7 Å². The predicted molar refractivity (Wildman–Crippen MR) is 128 cm³/mol. The average molecular weight is 484 g/mol. The number of hydrogen-bond donors (Lipinski definition) is 1. The number of anilines is 1. The molecule has 2 aromatic rings. The van der Waals surface area contributed by atoms with Crippen LogP contribution in [0.25, 0.3) is 0 Å². The van der Waals surface area contributed by atoms with E-state index in [9.17, 15) is 18.0 Å². The van der Waals surface area contributed by atoms with Gasteiger partial charge in [-0.15, -0.1) is 0 Å². The number of para-hydroxylation sites is 1. The van der Waals surface area contributed by atoms with Gasteiger partial charge in [-0.25, -0.2) is 8.42 Å². The van der Waals surface area contributed by atoms with Crippen molar-refractivity contribution in [2.45, 2.75) is 45.4 Å². The lowest BCUT2D eigenvalue weighted by Gasteiger charge is -2.31. The minimum Gasteiger partial charge on any atom is -0.455 e. The van der Waals surface area contributed by atoms with E-state index < -0.39 is 34.4 Å². The second kappa shape index (κ2) is 10.4. The molecule has 1 aliphatic heterocycles. The number of piperidine rings is 1. The lowest BCUT2D eigenvalue weighted by atomic mass is 9.98. The monoisotopic (exact) mass is 483 g/mol. The highest BCUT2D eigenvalue weighted by molar-refractivity contribution is 7.89. The molecule has 3 rings (SSSR count). The molecule has 2 aromatic carbocycles. The zero-order chi connectivity index (χ0) is 25.0. The molecule has 1 saturated heterocycles. The molecular formula is C25H29N3O5S. The Morgan fingerprint density at radius 1 is 1.09 bits per heavy atom. The Balaban J connectivity index is 1.58. The topological polar surface area (TPSA) is 117 Å². The van der Waals surface area contributed by atoms with Crippen LogP contribution >= 0.6 is 0 Å². The molecule has 8 nitrogen and oxygen atoms in total. The fraction of sp³-hybridized carbons (Fsp3) is 0.400. The number of rotatable bonds is 6. The molecule has 180 valence electrons. The van der Waals surface area contributed by atoms with Crippen LogP contribution in [0.5, 0.6) is 0 Å². The first kappa shape index (κ1) is 25.4. The van der Waals surface area contributed by atoms with Gasteiger partial charge >= 0.3 is 5.97 Å². The van der Waals surface area contributed by atoms with Crippen molar-refractivity contribution in [2.24, 2.45) is 5.92 Å². The maximum atomic E-state index is 13.4. The quantitative estimate of drug-likeness (QED) is 0.630. The fourth-order valence-corrected chi connectivity index (χ4v) is 6.20. The second-order valence-corrected chi connectivity index (χ2v) is 10.5. The summed E-state index contributed by atoms with van der Waals surface area (Å²) in [7, 11) is -3.69. The summed E-state index contributed by atoms with van der Waals surface area (Å²) in [5, 5.41) is 11.7. The van der Waals surface area contributed by atoms with Crippen molar-refractivity contribution in [3.63, 3.8) is 0 Å². The maximum absolute atomic E-state index is 13.4. The summed E-state index contributed by atoms with van der Waals surface area (Å²) < 4.78 is 33.4. The molecule has 1 amide bonds. The van der Waals surface area contributed by atoms with E-state index >= 15 is 0 Å². The zero-order valence-corrected chi connectivity index (χ0v) is 20.7. The molecule has 0 radical (unpaired) electrons. The van der Waals surface area contributed by atoms with Crippen molar-refractivity contribution in [3.05, 3.63) is 58.1 Å². The molecule has 1 fully saturated rings. The molecule has 9 heteroatoms. The van der Waals surface area contributed by atoms with Crippen LogP contribution in [-0.4, -0.2) is 44.3 Å². The summed E-state index contributed by atoms with van der Waals surface area (Å²) in [6.07, 6.45) is 0.639. The third-order valence-electron chi connectivity index (χ3n) is 6.35. The van der Waals surface area contributed by atoms with E-state index in [0.29, 0.717) is 29.0 Å². The van der Waals surface area contributed by atoms with Gasteiger partial charge in [0.05, 0.1) is 22.1 Å². The predicted octanol–water partition coefficient (Wildman–Crippen LogP) is 3.37. The Bertz CT molecular complexity index is 1230. The largest absolute Gasteiger partial charge is 0.455 e. The average Bonchev–Trinajstić information content (AvgIpc) is 2.81. The van der Waals surface area contributed by atoms with Gasteiger partial charge in [-0.3, -0.25) is 9.59 Å². The van der Waals surface area contributed by atoms with Crippen LogP contribution in [0.2, 0.25) is 0 Å². The minimum absolute atomic E-state index is 0.204. The van der Waals surface area contributed by atoms with E-state index in [4.69, 9.17) is 10.00 Å². The van der Waals surface area contributed by atoms with Gasteiger partial charge in [-0.2, -0.15) is 9.57 Å². The third-order valence-corrected chi connectivity index (χ3v) is 8.52. The van der Waals surface area contributed by atoms with Crippen LogP contribution in [0, 0.1) is 44.9 Å². The number of nitrogens with zero attached hydrogens (tertiary/aromatic N) is 2. The highest BCUT2D eigenvalue weighted by Crippen LogP contribution is 2.31. The summed E-state index contributed by atoms with van der Waals surface area (Å²) in [6, 6.07) is 10.5. The standard InChI is InChI=1S/C25H29N3O5S/c1-16-13-17(2)19(4)24(18(16)3)34(31,32)28-11-9-20(10-12-28)25(30)33-15-23(29)27-22-8-6-5-7-21(22)14-26/h5-8,13,20H,9-12,15H2,1-4H3,(H,27,29). The smallest absolute Gasteiger partial charge is 0.309 e. The molecule has 1 aliphatic rings. The van der Waals surface area contributed by atoms with Crippen LogP contribution in [0.4, 0.5) is 5.69 Å². The van der Waals surface area contributed by atoms with E-state index in [-0.39, 0.29) is 13.1 Å². The van der Waals surface area contributed by atoms with Gasteiger partial charge in [0.1, 0.15) is 6.07 Å². The fourth-order valence-electron chi connectivity index (χ4n) is 4.16. The number of esters is 1. The summed E-state index contributed by atoms with van der Waals surface area (Å²) in [5.74, 6) is -1.55. The lowest BCUT2D eigenvalue weighted by molar-refractivity contribution is -0.152. The van der Waals surface area contributed by atoms with Gasteiger partial charge in [0.2, 0.25) is 10.0 Å². The lowest BCUT2D eigenvalue weighted by Crippen LogP contribution is -2.41. The van der Waals surface area contributed by atoms with E-state index in [1.807, 2.05) is 39.8 Å². The zero-order valence-electron chi connectivity index (χ0n) is 19.8. The molecule has 0 unspecified atom stereocenters. The molecular weight excluding hydrogens is 454 g/mol. The minimum atomic E-state index is -3.69. The Morgan fingerprint density at radius 3 is 2.26 bits per heavy atom. The van der Waals surface area contributed by atoms with Crippen molar-refractivity contribution in [1.82, 2.24) is 4.31 Å². The van der Waals surface area contributed by atoms with Gasteiger partial charge in [-0.05, 0) is 74.9 Å². The highest BCUT2D eigenvalue weighted by atomic mass is 32.2. The van der Waals surface area contributed by atoms with Crippen molar-refractivity contribution < 1.29 is 22.7 Å². The number of hydrogen-bond acceptors (Lipinski definition) is 6. The Kier molecular flexibility index (Phi) is 7.75. The first-order chi connectivity index (χ1) is 16.1. The highest BCUT2D eigenvalue weighted by Gasteiger charge is 2.35. The number of aryl methyl sites for hydroxylation is 2. The van der Waals surface area contributed by atoms with E-state index in [2.05, 4.69) is 5.32 Å². The van der Waals surface area contributed by atoms with Crippen LogP contribution in [0.3, 0.4) is 0 Å². The molecule has 1 N–H and O–H groups in total. The van der Waals surface area contributed by atoms with Crippen molar-refractivity contribution in [3.8, 4) is 6.07 Å². The second-order valence-electron chi connectivity index (χ2n) is 8.58. The molecule has 34 heavy (non-hydrogen) atoms. The van der Waals surface area contributed by atoms with Gasteiger partial charge in [-0.1, -0.05) is 18.2 Å². The van der Waals surface area contributed by atoms with E-state index in [1.54, 1.807) is 24.3 Å². The van der Waals surface area contributed by atoms with Crippen molar-refractivity contribution in [1.29, 1.82) is 5.26 Å². The van der Waals surface area contributed by atoms with Crippen LogP contribution < -0.4 is 5.32 Å². The number of amides is 1. The third kappa shape index (κ3) is 5.29. The number of nitrogens with one attached hydrogen (secondary N) is 1. The molecule has 0 aliphatic carbocycles. The summed E-state index contributed by atoms with van der Waals surface area (Å²) in [5.41, 5.74) is 4.00. The summed E-state index contributed by atoms with van der Waals surface area (Å²) in [4.78, 5) is 25.0. The molecule has 0 bridgehead atoms. The number of ether oxygens (including phenoxy) is 1. The first-order valence-electron chi connectivity index (χ1n) is 11.1. The SMILES string of the molecule is Cc1cc(C)c(C)c(S(=O)(=O)N2CCC(C(=O)OCC(=O)Nc3ccccc3C#N)CC2)c1C. The molecule has 0 atom stereocenters. The number of carbonyl (C=O) groups is 2. The molecule has 0 aromatic heterocycles.